The van der Waals surface area contributed by atoms with Crippen molar-refractivity contribution in [1.29, 1.82) is 0 Å². The Bertz CT molecular complexity index is 495. The molecule has 0 unspecified atom stereocenters. The average molecular weight is 331 g/mol. The van der Waals surface area contributed by atoms with E-state index in [1.54, 1.807) is 0 Å². The summed E-state index contributed by atoms with van der Waals surface area (Å²) in [5, 5.41) is 3.06. The van der Waals surface area contributed by atoms with Crippen molar-refractivity contribution < 1.29 is 9.53 Å². The lowest BCUT2D eigenvalue weighted by atomic mass is 10.0. The van der Waals surface area contributed by atoms with Crippen LogP contribution in [0.1, 0.15) is 32.1 Å². The van der Waals surface area contributed by atoms with Crippen LogP contribution in [-0.4, -0.2) is 56.4 Å². The highest BCUT2D eigenvalue weighted by Gasteiger charge is 2.21. The number of piperazine rings is 1. The van der Waals surface area contributed by atoms with Gasteiger partial charge in [0.1, 0.15) is 0 Å². The molecular weight excluding hydrogens is 302 g/mol. The maximum atomic E-state index is 12.3. The van der Waals surface area contributed by atoms with E-state index in [9.17, 15) is 4.79 Å². The van der Waals surface area contributed by atoms with Crippen LogP contribution in [0.15, 0.2) is 30.3 Å². The number of rotatable bonds is 5. The van der Waals surface area contributed by atoms with Crippen molar-refractivity contribution in [2.45, 2.75) is 38.2 Å². The molecule has 1 N–H and O–H groups in total. The van der Waals surface area contributed by atoms with Crippen LogP contribution in [-0.2, 0) is 4.74 Å². The number of urea groups is 1. The van der Waals surface area contributed by atoms with Crippen molar-refractivity contribution in [2.75, 3.05) is 44.2 Å². The number of ether oxygens (including phenoxy) is 1. The third-order valence-electron chi connectivity index (χ3n) is 4.94. The van der Waals surface area contributed by atoms with Gasteiger partial charge in [-0.25, -0.2) is 4.79 Å². The number of carbonyl (C=O) groups excluding carboxylic acids is 1. The molecule has 2 aliphatic rings. The Balaban J connectivity index is 1.32. The van der Waals surface area contributed by atoms with Gasteiger partial charge in [-0.1, -0.05) is 18.2 Å². The van der Waals surface area contributed by atoms with E-state index in [0.29, 0.717) is 6.10 Å². The number of nitrogens with zero attached hydrogens (tertiary/aromatic N) is 2. The molecule has 2 aliphatic heterocycles. The number of para-hydroxylation sites is 1. The second kappa shape index (κ2) is 8.92. The summed E-state index contributed by atoms with van der Waals surface area (Å²) >= 11 is 0. The molecule has 2 saturated heterocycles. The highest BCUT2D eigenvalue weighted by atomic mass is 16.5. The van der Waals surface area contributed by atoms with Crippen LogP contribution in [0.5, 0.6) is 0 Å². The molecule has 1 aromatic rings. The zero-order valence-electron chi connectivity index (χ0n) is 14.5. The highest BCUT2D eigenvalue weighted by molar-refractivity contribution is 5.74. The zero-order chi connectivity index (χ0) is 16.6. The summed E-state index contributed by atoms with van der Waals surface area (Å²) in [5.74, 6) is 0. The molecule has 1 atom stereocenters. The molecule has 0 spiro atoms. The van der Waals surface area contributed by atoms with Crippen molar-refractivity contribution >= 4 is 11.7 Å². The number of carbonyl (C=O) groups is 1. The second-order valence-corrected chi connectivity index (χ2v) is 6.67. The third-order valence-corrected chi connectivity index (χ3v) is 4.94. The summed E-state index contributed by atoms with van der Waals surface area (Å²) in [6.07, 6.45) is 6.12. The summed E-state index contributed by atoms with van der Waals surface area (Å²) in [5.41, 5.74) is 1.24. The fourth-order valence-corrected chi connectivity index (χ4v) is 3.48. The Morgan fingerprint density at radius 2 is 1.92 bits per heavy atom. The molecule has 2 amide bonds. The molecule has 0 aliphatic carbocycles. The van der Waals surface area contributed by atoms with Crippen molar-refractivity contribution in [1.82, 2.24) is 10.2 Å². The molecule has 0 radical (unpaired) electrons. The predicted molar refractivity (Wildman–Crippen MR) is 96.5 cm³/mol. The van der Waals surface area contributed by atoms with E-state index < -0.39 is 0 Å². The largest absolute Gasteiger partial charge is 0.378 e. The van der Waals surface area contributed by atoms with Gasteiger partial charge in [0.2, 0.25) is 0 Å². The first-order valence-corrected chi connectivity index (χ1v) is 9.27. The fraction of sp³-hybridized carbons (Fsp3) is 0.632. The molecule has 0 aromatic heterocycles. The maximum Gasteiger partial charge on any atom is 0.317 e. The minimum atomic E-state index is 0.0762. The third kappa shape index (κ3) is 4.87. The first-order valence-electron chi connectivity index (χ1n) is 9.27. The lowest BCUT2D eigenvalue weighted by Gasteiger charge is -2.36. The molecule has 2 fully saturated rings. The van der Waals surface area contributed by atoms with E-state index in [4.69, 9.17) is 4.74 Å². The first-order chi connectivity index (χ1) is 11.8. The van der Waals surface area contributed by atoms with Gasteiger partial charge in [-0.05, 0) is 44.2 Å². The normalized spacial score (nSPS) is 21.6. The molecule has 1 aromatic carbocycles. The SMILES string of the molecule is O=C(NCCC[C@@H]1CCCCO1)N1CCN(c2ccccc2)CC1. The van der Waals surface area contributed by atoms with E-state index >= 15 is 0 Å². The van der Waals surface area contributed by atoms with Gasteiger partial charge >= 0.3 is 6.03 Å². The quantitative estimate of drug-likeness (QED) is 0.844. The number of nitrogens with one attached hydrogen (secondary N) is 1. The van der Waals surface area contributed by atoms with E-state index in [1.807, 2.05) is 11.0 Å². The van der Waals surface area contributed by atoms with Gasteiger partial charge in [0.15, 0.2) is 0 Å². The first kappa shape index (κ1) is 17.1. The van der Waals surface area contributed by atoms with Gasteiger partial charge in [0, 0.05) is 45.0 Å². The molecule has 2 heterocycles. The van der Waals surface area contributed by atoms with Crippen LogP contribution >= 0.6 is 0 Å². The average Bonchev–Trinajstić information content (AvgIpc) is 2.67. The zero-order valence-corrected chi connectivity index (χ0v) is 14.5. The van der Waals surface area contributed by atoms with Gasteiger partial charge < -0.3 is 19.9 Å². The van der Waals surface area contributed by atoms with Gasteiger partial charge in [0.25, 0.3) is 0 Å². The summed E-state index contributed by atoms with van der Waals surface area (Å²) in [6.45, 7) is 5.01. The van der Waals surface area contributed by atoms with Crippen LogP contribution in [0.25, 0.3) is 0 Å². The van der Waals surface area contributed by atoms with Crippen LogP contribution in [0.2, 0.25) is 0 Å². The lowest BCUT2D eigenvalue weighted by Crippen LogP contribution is -2.52. The van der Waals surface area contributed by atoms with Crippen molar-refractivity contribution in [2.24, 2.45) is 0 Å². The lowest BCUT2D eigenvalue weighted by molar-refractivity contribution is 0.0102. The highest BCUT2D eigenvalue weighted by Crippen LogP contribution is 2.17. The van der Waals surface area contributed by atoms with Gasteiger partial charge in [-0.2, -0.15) is 0 Å². The second-order valence-electron chi connectivity index (χ2n) is 6.67. The number of hydrogen-bond donors (Lipinski definition) is 1. The Labute approximate surface area is 145 Å². The topological polar surface area (TPSA) is 44.8 Å². The molecule has 5 nitrogen and oxygen atoms in total. The molecular formula is C19H29N3O2. The van der Waals surface area contributed by atoms with E-state index in [2.05, 4.69) is 34.5 Å². The monoisotopic (exact) mass is 331 g/mol. The predicted octanol–water partition coefficient (Wildman–Crippen LogP) is 2.87. The van der Waals surface area contributed by atoms with E-state index in [0.717, 1.165) is 52.2 Å². The van der Waals surface area contributed by atoms with Crippen LogP contribution in [0.4, 0.5) is 10.5 Å². The Hall–Kier alpha value is -1.75. The Kier molecular flexibility index (Phi) is 6.35. The number of benzene rings is 1. The smallest absolute Gasteiger partial charge is 0.317 e. The molecule has 0 saturated carbocycles. The molecule has 5 heteroatoms. The fourth-order valence-electron chi connectivity index (χ4n) is 3.48. The van der Waals surface area contributed by atoms with Gasteiger partial charge in [0.05, 0.1) is 6.10 Å². The van der Waals surface area contributed by atoms with Crippen molar-refractivity contribution in [3.8, 4) is 0 Å². The molecule has 0 bridgehead atoms. The van der Waals surface area contributed by atoms with Crippen molar-refractivity contribution in [3.63, 3.8) is 0 Å². The number of hydrogen-bond acceptors (Lipinski definition) is 3. The Morgan fingerprint density at radius 1 is 1.12 bits per heavy atom. The molecule has 132 valence electrons. The van der Waals surface area contributed by atoms with Crippen molar-refractivity contribution in [3.05, 3.63) is 30.3 Å². The number of anilines is 1. The summed E-state index contributed by atoms with van der Waals surface area (Å²) < 4.78 is 5.73. The van der Waals surface area contributed by atoms with Gasteiger partial charge in [-0.15, -0.1) is 0 Å². The van der Waals surface area contributed by atoms with Crippen LogP contribution < -0.4 is 10.2 Å². The van der Waals surface area contributed by atoms with E-state index in [1.165, 1.54) is 24.9 Å². The Morgan fingerprint density at radius 3 is 2.62 bits per heavy atom. The standard InChI is InChI=1S/C19H29N3O2/c23-19(20-11-6-10-18-9-4-5-16-24-18)22-14-12-21(13-15-22)17-7-2-1-3-8-17/h1-3,7-8,18H,4-6,9-16H2,(H,20,23)/t18-/m0/s1. The summed E-state index contributed by atoms with van der Waals surface area (Å²) in [4.78, 5) is 16.5. The maximum absolute atomic E-state index is 12.3. The summed E-state index contributed by atoms with van der Waals surface area (Å²) in [7, 11) is 0. The summed E-state index contributed by atoms with van der Waals surface area (Å²) in [6, 6.07) is 10.5. The van der Waals surface area contributed by atoms with E-state index in [-0.39, 0.29) is 6.03 Å². The van der Waals surface area contributed by atoms with Crippen LogP contribution in [0, 0.1) is 0 Å². The minimum Gasteiger partial charge on any atom is -0.378 e. The number of amides is 2. The molecule has 3 rings (SSSR count). The van der Waals surface area contributed by atoms with Crippen LogP contribution in [0.3, 0.4) is 0 Å². The van der Waals surface area contributed by atoms with Gasteiger partial charge in [-0.3, -0.25) is 0 Å². The minimum absolute atomic E-state index is 0.0762. The molecule has 24 heavy (non-hydrogen) atoms.